The molecular weight excluding hydrogens is 685 g/mol. The van der Waals surface area contributed by atoms with Crippen molar-refractivity contribution in [1.29, 1.82) is 0 Å². The molecule has 8 fully saturated rings. The molecular formula is C52H98N2O2. The highest BCUT2D eigenvalue weighted by Crippen LogP contribution is 2.67. The van der Waals surface area contributed by atoms with Gasteiger partial charge in [0.1, 0.15) is 0 Å². The molecule has 4 nitrogen and oxygen atoms in total. The summed E-state index contributed by atoms with van der Waals surface area (Å²) in [7, 11) is 0. The van der Waals surface area contributed by atoms with Gasteiger partial charge in [0.15, 0.2) is 0 Å². The summed E-state index contributed by atoms with van der Waals surface area (Å²) in [4.78, 5) is 0. The van der Waals surface area contributed by atoms with Crippen molar-refractivity contribution in [1.82, 2.24) is 10.6 Å². The first-order valence-corrected chi connectivity index (χ1v) is 24.6. The highest BCUT2D eigenvalue weighted by atomic mass is 16.5. The van der Waals surface area contributed by atoms with Crippen LogP contribution in [-0.4, -0.2) is 52.6 Å². The van der Waals surface area contributed by atoms with Gasteiger partial charge in [-0.2, -0.15) is 0 Å². The second-order valence-corrected chi connectivity index (χ2v) is 25.0. The van der Waals surface area contributed by atoms with E-state index in [0.717, 1.165) is 84.6 Å². The smallest absolute Gasteiger partial charge is 0.0545 e. The lowest BCUT2D eigenvalue weighted by atomic mass is 9.43. The van der Waals surface area contributed by atoms with Crippen LogP contribution in [0.5, 0.6) is 0 Å². The zero-order valence-electron chi connectivity index (χ0n) is 40.6. The maximum Gasteiger partial charge on any atom is 0.0545 e. The molecule has 4 heterocycles. The quantitative estimate of drug-likeness (QED) is 0.257. The highest BCUT2D eigenvalue weighted by Gasteiger charge is 2.61. The van der Waals surface area contributed by atoms with Crippen LogP contribution < -0.4 is 10.6 Å². The van der Waals surface area contributed by atoms with E-state index >= 15 is 0 Å². The fourth-order valence-corrected chi connectivity index (χ4v) is 15.1. The van der Waals surface area contributed by atoms with Crippen molar-refractivity contribution in [2.75, 3.05) is 52.6 Å². The van der Waals surface area contributed by atoms with Crippen LogP contribution in [0.4, 0.5) is 0 Å². The first kappa shape index (κ1) is 46.9. The molecule has 4 aliphatic heterocycles. The summed E-state index contributed by atoms with van der Waals surface area (Å²) >= 11 is 0. The van der Waals surface area contributed by atoms with Gasteiger partial charge in [0.05, 0.1) is 13.2 Å². The molecule has 4 heteroatoms. The van der Waals surface area contributed by atoms with Crippen molar-refractivity contribution >= 4 is 0 Å². The van der Waals surface area contributed by atoms with Gasteiger partial charge < -0.3 is 20.1 Å². The van der Waals surface area contributed by atoms with E-state index in [1.54, 1.807) is 0 Å². The molecule has 4 saturated heterocycles. The van der Waals surface area contributed by atoms with E-state index in [0.29, 0.717) is 32.5 Å². The molecule has 4 spiro atoms. The Labute approximate surface area is 350 Å². The molecule has 0 aromatic rings. The van der Waals surface area contributed by atoms with Crippen molar-refractivity contribution in [3.63, 3.8) is 0 Å². The molecule has 0 amide bonds. The molecule has 0 aromatic heterocycles. The zero-order chi connectivity index (χ0) is 41.6. The van der Waals surface area contributed by atoms with Crippen LogP contribution in [-0.2, 0) is 9.47 Å². The maximum atomic E-state index is 5.49. The third-order valence-electron chi connectivity index (χ3n) is 19.9. The Bertz CT molecular complexity index is 1070. The Balaban J connectivity index is 0.000000143. The summed E-state index contributed by atoms with van der Waals surface area (Å²) in [5, 5.41) is 6.91. The van der Waals surface area contributed by atoms with Crippen LogP contribution in [0.1, 0.15) is 188 Å². The minimum atomic E-state index is 0.620. The zero-order valence-corrected chi connectivity index (χ0v) is 40.6. The summed E-state index contributed by atoms with van der Waals surface area (Å²) < 4.78 is 10.8. The molecule has 0 aromatic carbocycles. The van der Waals surface area contributed by atoms with E-state index < -0.39 is 0 Å². The van der Waals surface area contributed by atoms with Gasteiger partial charge in [-0.1, -0.05) is 111 Å². The van der Waals surface area contributed by atoms with Gasteiger partial charge in [-0.05, 0) is 175 Å². The molecule has 0 bridgehead atoms. The molecule has 4 saturated carbocycles. The van der Waals surface area contributed by atoms with E-state index in [9.17, 15) is 0 Å². The Morgan fingerprint density at radius 2 is 0.607 bits per heavy atom. The fourth-order valence-electron chi connectivity index (χ4n) is 15.1. The van der Waals surface area contributed by atoms with Gasteiger partial charge in [0.2, 0.25) is 0 Å². The second kappa shape index (κ2) is 17.3. The molecule has 0 unspecified atom stereocenters. The molecule has 8 aliphatic rings. The van der Waals surface area contributed by atoms with E-state index in [-0.39, 0.29) is 0 Å². The lowest BCUT2D eigenvalue weighted by Crippen LogP contribution is -2.66. The number of piperidine rings is 1. The third-order valence-corrected chi connectivity index (χ3v) is 19.9. The number of ether oxygens (including phenoxy) is 2. The maximum absolute atomic E-state index is 5.49. The van der Waals surface area contributed by atoms with Gasteiger partial charge in [0.25, 0.3) is 0 Å². The Morgan fingerprint density at radius 3 is 0.857 bits per heavy atom. The minimum Gasteiger partial charge on any atom is -0.381 e. The minimum absolute atomic E-state index is 0.620. The van der Waals surface area contributed by atoms with Crippen molar-refractivity contribution in [2.45, 2.75) is 188 Å². The summed E-state index contributed by atoms with van der Waals surface area (Å²) in [6, 6.07) is 0. The molecule has 0 radical (unpaired) electrons. The normalized spacial score (nSPS) is 28.7. The predicted molar refractivity (Wildman–Crippen MR) is 241 cm³/mol. The highest BCUT2D eigenvalue weighted by molar-refractivity contribution is 5.12. The van der Waals surface area contributed by atoms with Crippen LogP contribution in [0, 0.1) is 90.7 Å². The number of hydrogen-bond acceptors (Lipinski definition) is 4. The van der Waals surface area contributed by atoms with Crippen molar-refractivity contribution in [3.05, 3.63) is 0 Å². The lowest BCUT2D eigenvalue weighted by molar-refractivity contribution is -0.236. The number of rotatable bonds is 8. The van der Waals surface area contributed by atoms with Gasteiger partial charge in [-0.25, -0.2) is 0 Å². The molecule has 8 rings (SSSR count). The molecule has 0 atom stereocenters. The van der Waals surface area contributed by atoms with Crippen LogP contribution >= 0.6 is 0 Å². The van der Waals surface area contributed by atoms with Crippen molar-refractivity contribution < 1.29 is 9.47 Å². The van der Waals surface area contributed by atoms with Gasteiger partial charge >= 0.3 is 0 Å². The first-order chi connectivity index (χ1) is 26.0. The van der Waals surface area contributed by atoms with E-state index in [2.05, 4.69) is 121 Å². The summed E-state index contributed by atoms with van der Waals surface area (Å²) in [6.45, 7) is 47.6. The first-order valence-electron chi connectivity index (χ1n) is 24.6. The summed E-state index contributed by atoms with van der Waals surface area (Å²) in [5.74, 6) is 6.78. The Kier molecular flexibility index (Phi) is 14.5. The molecule has 56 heavy (non-hydrogen) atoms. The van der Waals surface area contributed by atoms with Gasteiger partial charge in [0, 0.05) is 31.7 Å². The lowest BCUT2D eigenvalue weighted by Gasteiger charge is -2.65. The average Bonchev–Trinajstić information content (AvgIpc) is 3.00. The number of hydrogen-bond donors (Lipinski definition) is 2. The topological polar surface area (TPSA) is 42.5 Å². The van der Waals surface area contributed by atoms with E-state index in [1.165, 1.54) is 103 Å². The van der Waals surface area contributed by atoms with Crippen LogP contribution in [0.3, 0.4) is 0 Å². The standard InChI is InChI=1S/C14H27N.C14H26O.C12H23N.C12H22O/c2*1-11(2)14(12(3)4)9-13(10-14)5-7-15-8-6-13;2*1-9(2)12(10(3)4)5-11(6-12)7-13-8-11/h11-12,15H,5-10H2,1-4H3;11-12H,5-10H2,1-4H3;9-10,13H,5-8H2,1-4H3;9-10H,5-8H2,1-4H3. The van der Waals surface area contributed by atoms with Gasteiger partial charge in [-0.15, -0.1) is 0 Å². The number of nitrogens with one attached hydrogen (secondary N) is 2. The average molecular weight is 783 g/mol. The third kappa shape index (κ3) is 8.65. The van der Waals surface area contributed by atoms with Crippen molar-refractivity contribution in [2.24, 2.45) is 90.7 Å². The molecule has 2 N–H and O–H groups in total. The Hall–Kier alpha value is -0.160. The van der Waals surface area contributed by atoms with Crippen LogP contribution in [0.25, 0.3) is 0 Å². The predicted octanol–water partition coefficient (Wildman–Crippen LogP) is 13.1. The molecule has 328 valence electrons. The van der Waals surface area contributed by atoms with Crippen LogP contribution in [0.15, 0.2) is 0 Å². The monoisotopic (exact) mass is 783 g/mol. The van der Waals surface area contributed by atoms with Crippen LogP contribution in [0.2, 0.25) is 0 Å². The largest absolute Gasteiger partial charge is 0.381 e. The fraction of sp³-hybridized carbons (Fsp3) is 1.00. The summed E-state index contributed by atoms with van der Waals surface area (Å²) in [6.07, 6.45) is 17.2. The van der Waals surface area contributed by atoms with Gasteiger partial charge in [-0.3, -0.25) is 0 Å². The van der Waals surface area contributed by atoms with E-state index in [4.69, 9.17) is 9.47 Å². The van der Waals surface area contributed by atoms with Crippen molar-refractivity contribution in [3.8, 4) is 0 Å². The second-order valence-electron chi connectivity index (χ2n) is 25.0. The van der Waals surface area contributed by atoms with E-state index in [1.807, 2.05) is 0 Å². The Morgan fingerprint density at radius 1 is 0.321 bits per heavy atom. The SMILES string of the molecule is CC(C)C1(C(C)C)CC2(CCNCC2)C1.CC(C)C1(C(C)C)CC2(CCOCC2)C1.CC(C)C1(C(C)C)CC2(CNC2)C1.CC(C)C1(C(C)C)CC2(COC2)C1. The summed E-state index contributed by atoms with van der Waals surface area (Å²) in [5.41, 5.74) is 5.36. The molecule has 4 aliphatic carbocycles.